The van der Waals surface area contributed by atoms with E-state index in [9.17, 15) is 22.0 Å². The molecule has 2 aliphatic rings. The van der Waals surface area contributed by atoms with Crippen LogP contribution in [0.25, 0.3) is 21.6 Å². The number of anilines is 1. The minimum atomic E-state index is -3.90. The monoisotopic (exact) mass is 551 g/mol. The number of benzene rings is 1. The first kappa shape index (κ1) is 25.8. The number of halogens is 2. The molecular weight excluding hydrogens is 524 g/mol. The minimum absolute atomic E-state index is 0.0264. The maximum atomic E-state index is 13.4. The molecule has 0 spiro atoms. The maximum absolute atomic E-state index is 13.4. The van der Waals surface area contributed by atoms with Crippen molar-refractivity contribution >= 4 is 43.9 Å². The number of carbonyl (C=O) groups excluding carboxylic acids is 1. The number of alkyl halides is 2. The molecule has 1 aliphatic carbocycles. The second-order valence-corrected chi connectivity index (χ2v) is 12.6. The van der Waals surface area contributed by atoms with Crippen LogP contribution in [0, 0.1) is 5.92 Å². The molecule has 1 aliphatic heterocycles. The summed E-state index contributed by atoms with van der Waals surface area (Å²) in [6, 6.07) is 3.04. The van der Waals surface area contributed by atoms with Crippen LogP contribution < -0.4 is 9.62 Å². The van der Waals surface area contributed by atoms with Crippen LogP contribution in [0.15, 0.2) is 23.4 Å². The summed E-state index contributed by atoms with van der Waals surface area (Å²) < 4.78 is 55.9. The van der Waals surface area contributed by atoms with E-state index in [2.05, 4.69) is 24.9 Å². The number of nitrogens with one attached hydrogen (secondary N) is 1. The zero-order valence-corrected chi connectivity index (χ0v) is 22.2. The van der Waals surface area contributed by atoms with E-state index in [1.165, 1.54) is 12.4 Å². The van der Waals surface area contributed by atoms with E-state index in [-0.39, 0.29) is 27.4 Å². The molecule has 3 aromatic rings. The maximum Gasteiger partial charge on any atom is 0.291 e. The van der Waals surface area contributed by atoms with E-state index in [0.717, 1.165) is 12.8 Å². The van der Waals surface area contributed by atoms with Gasteiger partial charge in [-0.15, -0.1) is 10.2 Å². The van der Waals surface area contributed by atoms with Gasteiger partial charge >= 0.3 is 0 Å². The Balaban J connectivity index is 1.61. The van der Waals surface area contributed by atoms with Crippen molar-refractivity contribution in [2.45, 2.75) is 50.5 Å². The highest BCUT2D eigenvalue weighted by Crippen LogP contribution is 2.39. The van der Waals surface area contributed by atoms with Crippen molar-refractivity contribution in [3.8, 4) is 10.7 Å². The van der Waals surface area contributed by atoms with Crippen molar-refractivity contribution < 1.29 is 22.0 Å². The lowest BCUT2D eigenvalue weighted by Gasteiger charge is -2.37. The fourth-order valence-corrected chi connectivity index (χ4v) is 6.53. The molecule has 10 nitrogen and oxygen atoms in total. The predicted molar refractivity (Wildman–Crippen MR) is 135 cm³/mol. The molecule has 2 aromatic heterocycles. The first-order valence-corrected chi connectivity index (χ1v) is 14.3. The molecule has 2 fully saturated rings. The van der Waals surface area contributed by atoms with Gasteiger partial charge in [0.2, 0.25) is 15.9 Å². The van der Waals surface area contributed by atoms with Gasteiger partial charge in [-0.3, -0.25) is 4.79 Å². The number of carbonyl (C=O) groups is 1. The van der Waals surface area contributed by atoms with E-state index in [1.807, 2.05) is 25.7 Å². The Morgan fingerprint density at radius 3 is 2.41 bits per heavy atom. The third kappa shape index (κ3) is 5.14. The number of amides is 1. The summed E-state index contributed by atoms with van der Waals surface area (Å²) in [6.45, 7) is 7.49. The summed E-state index contributed by atoms with van der Waals surface area (Å²) in [6.07, 6.45) is 0.0160. The summed E-state index contributed by atoms with van der Waals surface area (Å²) >= 11 is 0.705. The Kier molecular flexibility index (Phi) is 6.61. The molecule has 198 valence electrons. The zero-order chi connectivity index (χ0) is 26.5. The van der Waals surface area contributed by atoms with Gasteiger partial charge in [0.05, 0.1) is 16.1 Å². The quantitative estimate of drug-likeness (QED) is 0.475. The molecule has 1 aromatic carbocycles. The van der Waals surface area contributed by atoms with Crippen LogP contribution in [0.4, 0.5) is 14.5 Å². The van der Waals surface area contributed by atoms with E-state index in [0.29, 0.717) is 54.1 Å². The predicted octanol–water partition coefficient (Wildman–Crippen LogP) is 3.22. The van der Waals surface area contributed by atoms with Crippen LogP contribution in [-0.2, 0) is 14.8 Å². The smallest absolute Gasteiger partial charge is 0.291 e. The molecule has 1 N–H and O–H groups in total. The topological polar surface area (TPSA) is 121 Å². The van der Waals surface area contributed by atoms with Gasteiger partial charge < -0.3 is 9.80 Å². The molecule has 0 bridgehead atoms. The van der Waals surface area contributed by atoms with Gasteiger partial charge in [-0.2, -0.15) is 0 Å². The molecule has 0 atom stereocenters. The van der Waals surface area contributed by atoms with Crippen molar-refractivity contribution in [3.05, 3.63) is 23.5 Å². The fourth-order valence-electron chi connectivity index (χ4n) is 4.31. The second-order valence-electron chi connectivity index (χ2n) is 9.94. The highest BCUT2D eigenvalue weighted by atomic mass is 32.2. The first-order chi connectivity index (χ1) is 17.5. The Morgan fingerprint density at radius 2 is 1.81 bits per heavy atom. The van der Waals surface area contributed by atoms with Crippen molar-refractivity contribution in [1.29, 1.82) is 0 Å². The van der Waals surface area contributed by atoms with Gasteiger partial charge in [0.1, 0.15) is 12.0 Å². The number of aromatic nitrogens is 4. The molecule has 0 radical (unpaired) electrons. The average molecular weight is 552 g/mol. The summed E-state index contributed by atoms with van der Waals surface area (Å²) in [5.41, 5.74) is 0.786. The number of nitrogens with zero attached hydrogens (tertiary/aromatic N) is 6. The molecule has 37 heavy (non-hydrogen) atoms. The molecule has 1 amide bonds. The Morgan fingerprint density at radius 1 is 1.11 bits per heavy atom. The molecule has 14 heteroatoms. The SMILES string of the molecule is CC(C)C(=O)N1CCN(c2cc(S(=O)(=O)NC3(C)CC3)cc3c(-c4nnc(C(F)F)s4)ncnc23)CC1. The summed E-state index contributed by atoms with van der Waals surface area (Å²) in [4.78, 5) is 25.0. The number of piperazine rings is 1. The third-order valence-electron chi connectivity index (χ3n) is 6.64. The Bertz CT molecular complexity index is 1450. The lowest BCUT2D eigenvalue weighted by Crippen LogP contribution is -2.50. The van der Waals surface area contributed by atoms with Crippen molar-refractivity contribution in [2.75, 3.05) is 31.1 Å². The Hall–Kier alpha value is -2.84. The van der Waals surface area contributed by atoms with E-state index in [1.54, 1.807) is 11.0 Å². The van der Waals surface area contributed by atoms with E-state index < -0.39 is 27.0 Å². The average Bonchev–Trinajstić information content (AvgIpc) is 3.37. The van der Waals surface area contributed by atoms with Crippen molar-refractivity contribution in [1.82, 2.24) is 29.8 Å². The van der Waals surface area contributed by atoms with Crippen LogP contribution >= 0.6 is 11.3 Å². The van der Waals surface area contributed by atoms with Crippen LogP contribution in [-0.4, -0.2) is 71.1 Å². The van der Waals surface area contributed by atoms with Crippen LogP contribution in [0.1, 0.15) is 45.0 Å². The first-order valence-electron chi connectivity index (χ1n) is 12.0. The number of sulfonamides is 1. The highest BCUT2D eigenvalue weighted by molar-refractivity contribution is 7.89. The number of rotatable bonds is 7. The molecular formula is C23H27F2N7O3S2. The van der Waals surface area contributed by atoms with E-state index >= 15 is 0 Å². The molecule has 3 heterocycles. The standard InChI is InChI=1S/C23H27F2N7O3S2/c1-13(2)22(33)32-8-6-31(7-9-32)16-11-14(37(34,35)30-23(3)4-5-23)10-15-17(16)26-12-27-18(15)20-28-29-21(36-20)19(24)25/h10-13,19,30H,4-9H2,1-3H3. The normalized spacial score (nSPS) is 17.7. The Labute approximate surface area is 217 Å². The fraction of sp³-hybridized carbons (Fsp3) is 0.522. The van der Waals surface area contributed by atoms with Crippen molar-refractivity contribution in [3.63, 3.8) is 0 Å². The zero-order valence-electron chi connectivity index (χ0n) is 20.6. The highest BCUT2D eigenvalue weighted by Gasteiger charge is 2.41. The number of hydrogen-bond acceptors (Lipinski definition) is 9. The minimum Gasteiger partial charge on any atom is -0.366 e. The van der Waals surface area contributed by atoms with Crippen molar-refractivity contribution in [2.24, 2.45) is 5.92 Å². The summed E-state index contributed by atoms with van der Waals surface area (Å²) in [7, 11) is -3.90. The number of fused-ring (bicyclic) bond motifs is 1. The van der Waals surface area contributed by atoms with Gasteiger partial charge in [0.25, 0.3) is 6.43 Å². The van der Waals surface area contributed by atoms with Gasteiger partial charge in [-0.05, 0) is 31.9 Å². The van der Waals surface area contributed by atoms with Gasteiger partial charge in [0, 0.05) is 43.0 Å². The van der Waals surface area contributed by atoms with Crippen LogP contribution in [0.2, 0.25) is 0 Å². The number of hydrogen-bond donors (Lipinski definition) is 1. The van der Waals surface area contributed by atoms with Gasteiger partial charge in [0.15, 0.2) is 10.0 Å². The van der Waals surface area contributed by atoms with Crippen LogP contribution in [0.5, 0.6) is 0 Å². The molecule has 1 saturated heterocycles. The lowest BCUT2D eigenvalue weighted by molar-refractivity contribution is -0.134. The second kappa shape index (κ2) is 9.48. The van der Waals surface area contributed by atoms with Gasteiger partial charge in [-0.25, -0.2) is 31.9 Å². The molecule has 5 rings (SSSR count). The van der Waals surface area contributed by atoms with Gasteiger partial charge in [-0.1, -0.05) is 25.2 Å². The summed E-state index contributed by atoms with van der Waals surface area (Å²) in [5, 5.41) is 7.52. The van der Waals surface area contributed by atoms with E-state index in [4.69, 9.17) is 0 Å². The summed E-state index contributed by atoms with van der Waals surface area (Å²) in [5.74, 6) is -0.0468. The molecule has 0 unspecified atom stereocenters. The largest absolute Gasteiger partial charge is 0.366 e. The third-order valence-corrected chi connectivity index (χ3v) is 9.19. The molecule has 1 saturated carbocycles. The lowest BCUT2D eigenvalue weighted by atomic mass is 10.1. The van der Waals surface area contributed by atoms with Crippen LogP contribution in [0.3, 0.4) is 0 Å².